The maximum Gasteiger partial charge on any atom is 0.349 e. The summed E-state index contributed by atoms with van der Waals surface area (Å²) in [4.78, 5) is 24.7. The number of fused-ring (bicyclic) bond motifs is 1. The monoisotopic (exact) mass is 353 g/mol. The normalized spacial score (nSPS) is 11.8. The van der Waals surface area contributed by atoms with Gasteiger partial charge in [0.15, 0.2) is 0 Å². The summed E-state index contributed by atoms with van der Waals surface area (Å²) in [5.74, 6) is 0.823. The lowest BCUT2D eigenvalue weighted by atomic mass is 10.1. The molecule has 0 fully saturated rings. The lowest BCUT2D eigenvalue weighted by Gasteiger charge is -2.14. The minimum atomic E-state index is -0.690. The SMILES string of the molecule is COc1ccc(C(C)NC(=O)c2cc3ccc(OC)cc3oc2=O)cc1. The van der Waals surface area contributed by atoms with Crippen LogP contribution in [0.5, 0.6) is 11.5 Å². The number of hydrogen-bond donors (Lipinski definition) is 1. The number of rotatable bonds is 5. The zero-order valence-electron chi connectivity index (χ0n) is 14.7. The quantitative estimate of drug-likeness (QED) is 0.712. The fourth-order valence-electron chi connectivity index (χ4n) is 2.63. The van der Waals surface area contributed by atoms with Crippen LogP contribution < -0.4 is 20.4 Å². The van der Waals surface area contributed by atoms with Crippen LogP contribution in [0.25, 0.3) is 11.0 Å². The van der Waals surface area contributed by atoms with Gasteiger partial charge in [0.1, 0.15) is 22.6 Å². The van der Waals surface area contributed by atoms with Gasteiger partial charge in [-0.1, -0.05) is 12.1 Å². The molecular weight excluding hydrogens is 334 g/mol. The first-order valence-electron chi connectivity index (χ1n) is 8.08. The molecule has 0 aliphatic heterocycles. The van der Waals surface area contributed by atoms with Crippen molar-refractivity contribution in [1.29, 1.82) is 0 Å². The van der Waals surface area contributed by atoms with E-state index in [2.05, 4.69) is 5.32 Å². The summed E-state index contributed by atoms with van der Waals surface area (Å²) in [6, 6.07) is 13.7. The minimum absolute atomic E-state index is 0.0389. The highest BCUT2D eigenvalue weighted by molar-refractivity contribution is 5.97. The van der Waals surface area contributed by atoms with Crippen LogP contribution in [0.4, 0.5) is 0 Å². The van der Waals surface area contributed by atoms with Crippen molar-refractivity contribution in [3.05, 3.63) is 70.1 Å². The Morgan fingerprint density at radius 2 is 1.65 bits per heavy atom. The number of carbonyl (C=O) groups excluding carboxylic acids is 1. The molecule has 1 aromatic heterocycles. The lowest BCUT2D eigenvalue weighted by molar-refractivity contribution is 0.0936. The molecule has 0 saturated carbocycles. The molecule has 0 saturated heterocycles. The summed E-state index contributed by atoms with van der Waals surface area (Å²) < 4.78 is 15.5. The molecule has 134 valence electrons. The fraction of sp³-hybridized carbons (Fsp3) is 0.200. The van der Waals surface area contributed by atoms with E-state index in [1.165, 1.54) is 13.2 Å². The van der Waals surface area contributed by atoms with Crippen molar-refractivity contribution in [2.45, 2.75) is 13.0 Å². The Labute approximate surface area is 150 Å². The van der Waals surface area contributed by atoms with Gasteiger partial charge >= 0.3 is 5.63 Å². The summed E-state index contributed by atoms with van der Waals surface area (Å²) in [6.45, 7) is 1.84. The van der Waals surface area contributed by atoms with E-state index < -0.39 is 11.5 Å². The highest BCUT2D eigenvalue weighted by Crippen LogP contribution is 2.21. The Bertz CT molecular complexity index is 991. The molecule has 0 radical (unpaired) electrons. The van der Waals surface area contributed by atoms with Crippen LogP contribution in [0.2, 0.25) is 0 Å². The van der Waals surface area contributed by atoms with Crippen molar-refractivity contribution in [2.75, 3.05) is 14.2 Å². The maximum atomic E-state index is 12.5. The van der Waals surface area contributed by atoms with Gasteiger partial charge < -0.3 is 19.2 Å². The first-order chi connectivity index (χ1) is 12.5. The van der Waals surface area contributed by atoms with E-state index in [0.29, 0.717) is 16.7 Å². The van der Waals surface area contributed by atoms with Crippen molar-refractivity contribution in [2.24, 2.45) is 0 Å². The molecule has 1 unspecified atom stereocenters. The Kier molecular flexibility index (Phi) is 4.93. The average molecular weight is 353 g/mol. The van der Waals surface area contributed by atoms with Crippen LogP contribution in [0.1, 0.15) is 28.9 Å². The summed E-state index contributed by atoms with van der Waals surface area (Å²) >= 11 is 0. The molecule has 26 heavy (non-hydrogen) atoms. The Hall–Kier alpha value is -3.28. The third-order valence-electron chi connectivity index (χ3n) is 4.15. The number of amides is 1. The molecule has 2 aromatic carbocycles. The molecule has 0 aliphatic carbocycles. The van der Waals surface area contributed by atoms with E-state index in [0.717, 1.165) is 11.3 Å². The summed E-state index contributed by atoms with van der Waals surface area (Å²) in [6.07, 6.45) is 0. The van der Waals surface area contributed by atoms with E-state index in [1.807, 2.05) is 31.2 Å². The Balaban J connectivity index is 1.84. The molecule has 1 amide bonds. The third kappa shape index (κ3) is 3.54. The van der Waals surface area contributed by atoms with Gasteiger partial charge in [-0.25, -0.2) is 4.79 Å². The van der Waals surface area contributed by atoms with E-state index in [-0.39, 0.29) is 11.6 Å². The van der Waals surface area contributed by atoms with Gasteiger partial charge in [0, 0.05) is 11.5 Å². The second-order valence-electron chi connectivity index (χ2n) is 5.82. The Morgan fingerprint density at radius 3 is 2.31 bits per heavy atom. The highest BCUT2D eigenvalue weighted by atomic mass is 16.5. The van der Waals surface area contributed by atoms with Crippen LogP contribution in [0.15, 0.2) is 57.7 Å². The third-order valence-corrected chi connectivity index (χ3v) is 4.15. The molecule has 1 heterocycles. The van der Waals surface area contributed by atoms with Gasteiger partial charge in [0.05, 0.1) is 20.3 Å². The minimum Gasteiger partial charge on any atom is -0.497 e. The molecule has 6 heteroatoms. The zero-order valence-corrected chi connectivity index (χ0v) is 14.7. The van der Waals surface area contributed by atoms with Crippen LogP contribution in [0, 0.1) is 0 Å². The van der Waals surface area contributed by atoms with Gasteiger partial charge in [0.25, 0.3) is 5.91 Å². The zero-order chi connectivity index (χ0) is 18.7. The largest absolute Gasteiger partial charge is 0.497 e. The average Bonchev–Trinajstić information content (AvgIpc) is 2.66. The van der Waals surface area contributed by atoms with E-state index in [4.69, 9.17) is 13.9 Å². The van der Waals surface area contributed by atoms with Gasteiger partial charge in [0.2, 0.25) is 0 Å². The summed E-state index contributed by atoms with van der Waals surface area (Å²) in [5.41, 5.74) is 0.538. The predicted octanol–water partition coefficient (Wildman–Crippen LogP) is 3.30. The van der Waals surface area contributed by atoms with Crippen molar-refractivity contribution >= 4 is 16.9 Å². The number of benzene rings is 2. The second kappa shape index (κ2) is 7.31. The predicted molar refractivity (Wildman–Crippen MR) is 97.9 cm³/mol. The smallest absolute Gasteiger partial charge is 0.349 e. The van der Waals surface area contributed by atoms with Crippen LogP contribution in [-0.2, 0) is 0 Å². The van der Waals surface area contributed by atoms with Crippen LogP contribution in [-0.4, -0.2) is 20.1 Å². The first kappa shape index (κ1) is 17.5. The van der Waals surface area contributed by atoms with Crippen molar-refractivity contribution in [3.63, 3.8) is 0 Å². The van der Waals surface area contributed by atoms with Crippen molar-refractivity contribution in [3.8, 4) is 11.5 Å². The van der Waals surface area contributed by atoms with E-state index in [1.54, 1.807) is 25.3 Å². The molecule has 0 spiro atoms. The van der Waals surface area contributed by atoms with E-state index in [9.17, 15) is 9.59 Å². The van der Waals surface area contributed by atoms with Crippen molar-refractivity contribution < 1.29 is 18.7 Å². The Morgan fingerprint density at radius 1 is 1.00 bits per heavy atom. The second-order valence-corrected chi connectivity index (χ2v) is 5.82. The lowest BCUT2D eigenvalue weighted by Crippen LogP contribution is -2.30. The van der Waals surface area contributed by atoms with Crippen molar-refractivity contribution in [1.82, 2.24) is 5.32 Å². The van der Waals surface area contributed by atoms with Crippen LogP contribution >= 0.6 is 0 Å². The molecule has 0 bridgehead atoms. The van der Waals surface area contributed by atoms with Crippen LogP contribution in [0.3, 0.4) is 0 Å². The number of hydrogen-bond acceptors (Lipinski definition) is 5. The summed E-state index contributed by atoms with van der Waals surface area (Å²) in [5, 5.41) is 3.46. The van der Waals surface area contributed by atoms with Gasteiger partial charge in [-0.3, -0.25) is 4.79 Å². The highest BCUT2D eigenvalue weighted by Gasteiger charge is 2.17. The molecular formula is C20H19NO5. The number of ether oxygens (including phenoxy) is 2. The number of carbonyl (C=O) groups is 1. The number of nitrogens with one attached hydrogen (secondary N) is 1. The fourth-order valence-corrected chi connectivity index (χ4v) is 2.63. The molecule has 1 N–H and O–H groups in total. The molecule has 3 aromatic rings. The summed E-state index contributed by atoms with van der Waals surface area (Å²) in [7, 11) is 3.12. The maximum absolute atomic E-state index is 12.5. The molecule has 3 rings (SSSR count). The van der Waals surface area contributed by atoms with Gasteiger partial charge in [-0.15, -0.1) is 0 Å². The molecule has 1 atom stereocenters. The van der Waals surface area contributed by atoms with E-state index >= 15 is 0 Å². The van der Waals surface area contributed by atoms with Gasteiger partial charge in [-0.2, -0.15) is 0 Å². The number of methoxy groups -OCH3 is 2. The topological polar surface area (TPSA) is 77.8 Å². The standard InChI is InChI=1S/C20H19NO5/c1-12(13-4-7-15(24-2)8-5-13)21-19(22)17-10-14-6-9-16(25-3)11-18(14)26-20(17)23/h4-12H,1-3H3,(H,21,22). The molecule has 0 aliphatic rings. The molecule has 6 nitrogen and oxygen atoms in total. The first-order valence-corrected chi connectivity index (χ1v) is 8.08. The van der Waals surface area contributed by atoms with Gasteiger partial charge in [-0.05, 0) is 42.8 Å².